The first kappa shape index (κ1) is 19.9. The van der Waals surface area contributed by atoms with Gasteiger partial charge in [0.2, 0.25) is 0 Å². The molecule has 1 atom stereocenters. The van der Waals surface area contributed by atoms with Crippen LogP contribution in [0.2, 0.25) is 0 Å². The molecule has 0 fully saturated rings. The average molecular weight is 286 g/mol. The summed E-state index contributed by atoms with van der Waals surface area (Å²) >= 11 is 0. The van der Waals surface area contributed by atoms with E-state index in [9.17, 15) is 10.2 Å². The van der Waals surface area contributed by atoms with E-state index in [1.54, 1.807) is 0 Å². The molecule has 0 aromatic rings. The molecule has 122 valence electrons. The van der Waals surface area contributed by atoms with Crippen LogP contribution in [0.4, 0.5) is 0 Å². The van der Waals surface area contributed by atoms with Crippen LogP contribution in [0, 0.1) is 0 Å². The minimum absolute atomic E-state index is 0.221. The lowest BCUT2D eigenvalue weighted by Gasteiger charge is -2.29. The van der Waals surface area contributed by atoms with Crippen LogP contribution in [0.25, 0.3) is 0 Å². The Morgan fingerprint density at radius 3 is 1.75 bits per heavy atom. The maximum Gasteiger partial charge on any atom is 0.0648 e. The van der Waals surface area contributed by atoms with Crippen molar-refractivity contribution in [2.24, 2.45) is 0 Å². The molecular weight excluding hydrogens is 248 g/mol. The molecule has 0 bridgehead atoms. The molecule has 0 aliphatic carbocycles. The summed E-state index contributed by atoms with van der Waals surface area (Å²) in [6.45, 7) is 6.55. The van der Waals surface area contributed by atoms with E-state index in [2.05, 4.69) is 20.8 Å². The number of rotatable bonds is 14. The Morgan fingerprint density at radius 1 is 0.700 bits per heavy atom. The molecule has 0 rings (SSSR count). The van der Waals surface area contributed by atoms with Crippen molar-refractivity contribution in [1.82, 2.24) is 0 Å². The predicted octanol–water partition coefficient (Wildman–Crippen LogP) is 5.21. The van der Waals surface area contributed by atoms with E-state index in [0.717, 1.165) is 64.2 Å². The molecule has 1 unspecified atom stereocenters. The monoisotopic (exact) mass is 286 g/mol. The fraction of sp³-hybridized carbons (Fsp3) is 1.00. The molecule has 20 heavy (non-hydrogen) atoms. The predicted molar refractivity (Wildman–Crippen MR) is 88.0 cm³/mol. The Balaban J connectivity index is 3.96. The normalized spacial score (nSPS) is 13.7. The molecule has 0 saturated heterocycles. The van der Waals surface area contributed by atoms with Crippen molar-refractivity contribution in [2.45, 2.75) is 116 Å². The smallest absolute Gasteiger partial charge is 0.0648 e. The minimum Gasteiger partial charge on any atom is -0.393 e. The van der Waals surface area contributed by atoms with Gasteiger partial charge in [-0.25, -0.2) is 0 Å². The topological polar surface area (TPSA) is 40.5 Å². The molecule has 0 saturated carbocycles. The second-order valence-electron chi connectivity index (χ2n) is 6.47. The standard InChI is InChI=1S/C18H38O2/c1-4-7-10-11-12-17(19)13-16-18(20,14-8-5-2)15-9-6-3/h17,19-20H,4-16H2,1-3H3. The molecule has 2 nitrogen and oxygen atoms in total. The Kier molecular flexibility index (Phi) is 12.6. The van der Waals surface area contributed by atoms with Crippen molar-refractivity contribution in [3.05, 3.63) is 0 Å². The van der Waals surface area contributed by atoms with Gasteiger partial charge in [-0.15, -0.1) is 0 Å². The second kappa shape index (κ2) is 12.6. The zero-order valence-electron chi connectivity index (χ0n) is 14.2. The molecule has 0 amide bonds. The van der Waals surface area contributed by atoms with E-state index in [1.165, 1.54) is 19.3 Å². The molecule has 0 aliphatic heterocycles. The van der Waals surface area contributed by atoms with Crippen molar-refractivity contribution >= 4 is 0 Å². The van der Waals surface area contributed by atoms with E-state index in [0.29, 0.717) is 0 Å². The minimum atomic E-state index is -0.531. The highest BCUT2D eigenvalue weighted by Crippen LogP contribution is 2.28. The third-order valence-corrected chi connectivity index (χ3v) is 4.33. The zero-order valence-corrected chi connectivity index (χ0v) is 14.2. The van der Waals surface area contributed by atoms with Crippen molar-refractivity contribution in [2.75, 3.05) is 0 Å². The van der Waals surface area contributed by atoms with Gasteiger partial charge in [-0.3, -0.25) is 0 Å². The van der Waals surface area contributed by atoms with Crippen molar-refractivity contribution < 1.29 is 10.2 Å². The van der Waals surface area contributed by atoms with Crippen LogP contribution in [0.1, 0.15) is 104 Å². The molecule has 0 spiro atoms. The third-order valence-electron chi connectivity index (χ3n) is 4.33. The number of aliphatic hydroxyl groups is 2. The molecular formula is C18H38O2. The van der Waals surface area contributed by atoms with Gasteiger partial charge < -0.3 is 10.2 Å². The zero-order chi connectivity index (χ0) is 15.3. The third kappa shape index (κ3) is 10.7. The maximum atomic E-state index is 10.7. The lowest BCUT2D eigenvalue weighted by atomic mass is 9.85. The van der Waals surface area contributed by atoms with Crippen LogP contribution >= 0.6 is 0 Å². The summed E-state index contributed by atoms with van der Waals surface area (Å²) in [5.74, 6) is 0. The highest BCUT2D eigenvalue weighted by molar-refractivity contribution is 4.79. The molecule has 2 N–H and O–H groups in total. The molecule has 0 aromatic heterocycles. The number of hydrogen-bond acceptors (Lipinski definition) is 2. The summed E-state index contributed by atoms with van der Waals surface area (Å²) in [6, 6.07) is 0. The van der Waals surface area contributed by atoms with Crippen LogP contribution in [-0.2, 0) is 0 Å². The SMILES string of the molecule is CCCCCCC(O)CCC(O)(CCCC)CCCC. The van der Waals surface area contributed by atoms with Crippen LogP contribution < -0.4 is 0 Å². The Hall–Kier alpha value is -0.0800. The first-order valence-corrected chi connectivity index (χ1v) is 8.98. The molecule has 0 heterocycles. The lowest BCUT2D eigenvalue weighted by Crippen LogP contribution is -2.30. The van der Waals surface area contributed by atoms with Crippen molar-refractivity contribution in [1.29, 1.82) is 0 Å². The molecule has 2 heteroatoms. The summed E-state index contributed by atoms with van der Waals surface area (Å²) in [7, 11) is 0. The second-order valence-corrected chi connectivity index (χ2v) is 6.47. The molecule has 0 aromatic carbocycles. The Labute approximate surface area is 127 Å². The van der Waals surface area contributed by atoms with Gasteiger partial charge in [-0.1, -0.05) is 72.1 Å². The van der Waals surface area contributed by atoms with E-state index < -0.39 is 5.60 Å². The molecule has 0 aliphatic rings. The first-order valence-electron chi connectivity index (χ1n) is 8.98. The van der Waals surface area contributed by atoms with Crippen LogP contribution in [-0.4, -0.2) is 21.9 Å². The van der Waals surface area contributed by atoms with Gasteiger partial charge in [-0.2, -0.15) is 0 Å². The number of unbranched alkanes of at least 4 members (excludes halogenated alkanes) is 5. The maximum absolute atomic E-state index is 10.7. The quantitative estimate of drug-likeness (QED) is 0.430. The van der Waals surface area contributed by atoms with Gasteiger partial charge >= 0.3 is 0 Å². The number of hydrogen-bond donors (Lipinski definition) is 2. The van der Waals surface area contributed by atoms with E-state index in [1.807, 2.05) is 0 Å². The van der Waals surface area contributed by atoms with Crippen molar-refractivity contribution in [3.8, 4) is 0 Å². The van der Waals surface area contributed by atoms with Gasteiger partial charge in [0.25, 0.3) is 0 Å². The van der Waals surface area contributed by atoms with Crippen LogP contribution in [0.15, 0.2) is 0 Å². The van der Waals surface area contributed by atoms with E-state index >= 15 is 0 Å². The summed E-state index contributed by atoms with van der Waals surface area (Å²) < 4.78 is 0. The van der Waals surface area contributed by atoms with Crippen LogP contribution in [0.3, 0.4) is 0 Å². The van der Waals surface area contributed by atoms with Gasteiger partial charge in [0.15, 0.2) is 0 Å². The summed E-state index contributed by atoms with van der Waals surface area (Å²) in [5.41, 5.74) is -0.531. The summed E-state index contributed by atoms with van der Waals surface area (Å²) in [4.78, 5) is 0. The average Bonchev–Trinajstić information content (AvgIpc) is 2.46. The van der Waals surface area contributed by atoms with E-state index in [4.69, 9.17) is 0 Å². The Morgan fingerprint density at radius 2 is 1.25 bits per heavy atom. The van der Waals surface area contributed by atoms with Crippen LogP contribution in [0.5, 0.6) is 0 Å². The van der Waals surface area contributed by atoms with Gasteiger partial charge in [0, 0.05) is 0 Å². The highest BCUT2D eigenvalue weighted by Gasteiger charge is 2.26. The van der Waals surface area contributed by atoms with Gasteiger partial charge in [-0.05, 0) is 32.1 Å². The summed E-state index contributed by atoms with van der Waals surface area (Å²) in [5, 5.41) is 20.8. The fourth-order valence-corrected chi connectivity index (χ4v) is 2.77. The lowest BCUT2D eigenvalue weighted by molar-refractivity contribution is -0.00410. The highest BCUT2D eigenvalue weighted by atomic mass is 16.3. The van der Waals surface area contributed by atoms with E-state index in [-0.39, 0.29) is 6.10 Å². The van der Waals surface area contributed by atoms with Gasteiger partial charge in [0.05, 0.1) is 11.7 Å². The van der Waals surface area contributed by atoms with Gasteiger partial charge in [0.1, 0.15) is 0 Å². The first-order chi connectivity index (χ1) is 9.58. The number of aliphatic hydroxyl groups excluding tert-OH is 1. The fourth-order valence-electron chi connectivity index (χ4n) is 2.77. The summed E-state index contributed by atoms with van der Waals surface area (Å²) in [6.07, 6.45) is 13.3. The Bertz CT molecular complexity index is 196. The molecule has 0 radical (unpaired) electrons. The largest absolute Gasteiger partial charge is 0.393 e. The van der Waals surface area contributed by atoms with Crippen molar-refractivity contribution in [3.63, 3.8) is 0 Å².